The fourth-order valence-corrected chi connectivity index (χ4v) is 4.85. The van der Waals surface area contributed by atoms with Crippen LogP contribution in [0.15, 0.2) is 30.3 Å². The van der Waals surface area contributed by atoms with E-state index >= 15 is 0 Å². The van der Waals surface area contributed by atoms with Crippen LogP contribution in [-0.4, -0.2) is 49.9 Å². The third kappa shape index (κ3) is 3.11. The quantitative estimate of drug-likeness (QED) is 0.762. The van der Waals surface area contributed by atoms with Gasteiger partial charge in [-0.25, -0.2) is 4.98 Å². The van der Waals surface area contributed by atoms with Crippen LogP contribution in [0.3, 0.4) is 0 Å². The van der Waals surface area contributed by atoms with Crippen LogP contribution < -0.4 is 0 Å². The third-order valence-corrected chi connectivity index (χ3v) is 5.81. The largest absolute Gasteiger partial charge is 0.492 e. The highest BCUT2D eigenvalue weighted by atomic mass is 32.1. The Balaban J connectivity index is 1.80. The molecule has 26 heavy (non-hydrogen) atoms. The van der Waals surface area contributed by atoms with Crippen LogP contribution in [0.25, 0.3) is 4.96 Å². The molecule has 0 bridgehead atoms. The van der Waals surface area contributed by atoms with E-state index in [1.54, 1.807) is 4.52 Å². The molecule has 6 nitrogen and oxygen atoms in total. The number of aryl methyl sites for hydroxylation is 1. The molecule has 0 amide bonds. The van der Waals surface area contributed by atoms with Crippen molar-refractivity contribution in [2.24, 2.45) is 0 Å². The van der Waals surface area contributed by atoms with Crippen molar-refractivity contribution in [3.05, 3.63) is 46.6 Å². The predicted octanol–water partition coefficient (Wildman–Crippen LogP) is 3.26. The molecule has 3 heterocycles. The van der Waals surface area contributed by atoms with Gasteiger partial charge >= 0.3 is 0 Å². The maximum absolute atomic E-state index is 10.9. The van der Waals surface area contributed by atoms with E-state index in [0.717, 1.165) is 40.7 Å². The minimum atomic E-state index is -0.0384. The molecule has 3 unspecified atom stereocenters. The van der Waals surface area contributed by atoms with E-state index in [9.17, 15) is 5.11 Å². The first kappa shape index (κ1) is 17.5. The van der Waals surface area contributed by atoms with Gasteiger partial charge in [0.1, 0.15) is 0 Å². The SMILES string of the molecule is CCc1nc2sc(C(c3ccccc3)N3CC(C)OC(C)C3)c(O)n2n1. The minimum Gasteiger partial charge on any atom is -0.492 e. The van der Waals surface area contributed by atoms with Gasteiger partial charge in [0.2, 0.25) is 10.8 Å². The fraction of sp³-hybridized carbons (Fsp3) is 0.474. The Labute approximate surface area is 157 Å². The summed E-state index contributed by atoms with van der Waals surface area (Å²) in [5.74, 6) is 0.945. The Hall–Kier alpha value is -1.96. The topological polar surface area (TPSA) is 62.9 Å². The molecular weight excluding hydrogens is 348 g/mol. The maximum Gasteiger partial charge on any atom is 0.230 e. The summed E-state index contributed by atoms with van der Waals surface area (Å²) < 4.78 is 7.48. The summed E-state index contributed by atoms with van der Waals surface area (Å²) >= 11 is 1.52. The zero-order chi connectivity index (χ0) is 18.3. The number of thiazole rings is 1. The normalized spacial score (nSPS) is 22.7. The molecule has 138 valence electrons. The molecule has 0 radical (unpaired) electrons. The molecule has 0 spiro atoms. The second-order valence-electron chi connectivity index (χ2n) is 6.89. The lowest BCUT2D eigenvalue weighted by atomic mass is 10.0. The van der Waals surface area contributed by atoms with E-state index in [-0.39, 0.29) is 24.1 Å². The highest BCUT2D eigenvalue weighted by Crippen LogP contribution is 2.40. The number of ether oxygens (including phenoxy) is 1. The van der Waals surface area contributed by atoms with Gasteiger partial charge in [0.25, 0.3) is 0 Å². The van der Waals surface area contributed by atoms with Gasteiger partial charge in [-0.3, -0.25) is 4.90 Å². The van der Waals surface area contributed by atoms with E-state index in [1.165, 1.54) is 11.3 Å². The molecule has 3 atom stereocenters. The monoisotopic (exact) mass is 372 g/mol. The van der Waals surface area contributed by atoms with E-state index in [1.807, 2.05) is 25.1 Å². The summed E-state index contributed by atoms with van der Waals surface area (Å²) in [5, 5.41) is 15.3. The van der Waals surface area contributed by atoms with E-state index in [4.69, 9.17) is 4.74 Å². The average Bonchev–Trinajstić information content (AvgIpc) is 3.15. The summed E-state index contributed by atoms with van der Waals surface area (Å²) in [6.07, 6.45) is 1.06. The fourth-order valence-electron chi connectivity index (χ4n) is 3.71. The van der Waals surface area contributed by atoms with Crippen LogP contribution in [0.2, 0.25) is 0 Å². The molecule has 0 aliphatic carbocycles. The Morgan fingerprint density at radius 1 is 1.23 bits per heavy atom. The van der Waals surface area contributed by atoms with Crippen LogP contribution >= 0.6 is 11.3 Å². The Morgan fingerprint density at radius 3 is 2.54 bits per heavy atom. The number of benzene rings is 1. The number of aromatic hydroxyl groups is 1. The number of aromatic nitrogens is 3. The molecule has 1 aliphatic heterocycles. The number of hydrogen-bond donors (Lipinski definition) is 1. The van der Waals surface area contributed by atoms with Crippen molar-refractivity contribution in [2.75, 3.05) is 13.1 Å². The third-order valence-electron chi connectivity index (χ3n) is 4.74. The summed E-state index contributed by atoms with van der Waals surface area (Å²) in [6.45, 7) is 7.84. The van der Waals surface area contributed by atoms with Crippen LogP contribution in [0.5, 0.6) is 5.88 Å². The maximum atomic E-state index is 10.9. The first-order valence-corrected chi connectivity index (χ1v) is 9.90. The van der Waals surface area contributed by atoms with Crippen molar-refractivity contribution >= 4 is 16.3 Å². The number of fused-ring (bicyclic) bond motifs is 1. The molecular formula is C19H24N4O2S. The molecule has 1 fully saturated rings. The molecule has 1 N–H and O–H groups in total. The number of nitrogens with zero attached hydrogens (tertiary/aromatic N) is 4. The van der Waals surface area contributed by atoms with Gasteiger partial charge in [-0.05, 0) is 19.4 Å². The molecule has 1 saturated heterocycles. The van der Waals surface area contributed by atoms with Crippen LogP contribution in [0.1, 0.15) is 43.1 Å². The van der Waals surface area contributed by atoms with Crippen LogP contribution in [-0.2, 0) is 11.2 Å². The van der Waals surface area contributed by atoms with Crippen LogP contribution in [0, 0.1) is 0 Å². The van der Waals surface area contributed by atoms with Crippen LogP contribution in [0.4, 0.5) is 0 Å². The summed E-state index contributed by atoms with van der Waals surface area (Å²) in [6, 6.07) is 10.3. The van der Waals surface area contributed by atoms with Gasteiger partial charge in [-0.2, -0.15) is 4.52 Å². The van der Waals surface area contributed by atoms with Crippen molar-refractivity contribution < 1.29 is 9.84 Å². The van der Waals surface area contributed by atoms with Crippen molar-refractivity contribution in [1.29, 1.82) is 0 Å². The number of hydrogen-bond acceptors (Lipinski definition) is 6. The molecule has 3 aromatic rings. The Bertz CT molecular complexity index is 882. The Kier molecular flexibility index (Phi) is 4.69. The lowest BCUT2D eigenvalue weighted by Gasteiger charge is -2.40. The van der Waals surface area contributed by atoms with Gasteiger partial charge in [-0.15, -0.1) is 5.10 Å². The predicted molar refractivity (Wildman–Crippen MR) is 102 cm³/mol. The van der Waals surface area contributed by atoms with E-state index in [2.05, 4.69) is 41.0 Å². The average molecular weight is 372 g/mol. The second-order valence-corrected chi connectivity index (χ2v) is 7.90. The lowest BCUT2D eigenvalue weighted by molar-refractivity contribution is -0.0764. The van der Waals surface area contributed by atoms with Crippen molar-refractivity contribution in [3.63, 3.8) is 0 Å². The second kappa shape index (κ2) is 6.98. The van der Waals surface area contributed by atoms with Crippen molar-refractivity contribution in [2.45, 2.75) is 45.4 Å². The zero-order valence-corrected chi connectivity index (χ0v) is 16.1. The standard InChI is InChI=1S/C19H24N4O2S/c1-4-15-20-19-23(21-15)18(24)17(26-19)16(14-8-6-5-7-9-14)22-10-12(2)25-13(3)11-22/h5-9,12-13,16,24H,4,10-11H2,1-3H3. The number of morpholine rings is 1. The Morgan fingerprint density at radius 2 is 1.92 bits per heavy atom. The molecule has 0 saturated carbocycles. The molecule has 1 aliphatic rings. The van der Waals surface area contributed by atoms with Crippen molar-refractivity contribution in [1.82, 2.24) is 19.5 Å². The molecule has 7 heteroatoms. The summed E-state index contributed by atoms with van der Waals surface area (Å²) in [4.78, 5) is 8.54. The number of rotatable bonds is 4. The van der Waals surface area contributed by atoms with Gasteiger partial charge < -0.3 is 9.84 Å². The highest BCUT2D eigenvalue weighted by Gasteiger charge is 2.33. The van der Waals surface area contributed by atoms with E-state index < -0.39 is 0 Å². The van der Waals surface area contributed by atoms with Gasteiger partial charge in [0, 0.05) is 19.5 Å². The summed E-state index contributed by atoms with van der Waals surface area (Å²) in [7, 11) is 0. The molecule has 2 aromatic heterocycles. The lowest BCUT2D eigenvalue weighted by Crippen LogP contribution is -2.47. The van der Waals surface area contributed by atoms with E-state index in [0.29, 0.717) is 0 Å². The summed E-state index contributed by atoms with van der Waals surface area (Å²) in [5.41, 5.74) is 1.16. The zero-order valence-electron chi connectivity index (χ0n) is 15.3. The van der Waals surface area contributed by atoms with Gasteiger partial charge in [0.05, 0.1) is 23.1 Å². The van der Waals surface area contributed by atoms with Gasteiger partial charge in [-0.1, -0.05) is 48.6 Å². The van der Waals surface area contributed by atoms with Crippen molar-refractivity contribution in [3.8, 4) is 5.88 Å². The molecule has 4 rings (SSSR count). The minimum absolute atomic E-state index is 0.0384. The first-order chi connectivity index (χ1) is 12.6. The first-order valence-electron chi connectivity index (χ1n) is 9.08. The molecule has 1 aromatic carbocycles. The van der Waals surface area contributed by atoms with Gasteiger partial charge in [0.15, 0.2) is 5.82 Å². The smallest absolute Gasteiger partial charge is 0.230 e. The highest BCUT2D eigenvalue weighted by molar-refractivity contribution is 7.17.